The van der Waals surface area contributed by atoms with Gasteiger partial charge in [0, 0.05) is 42.3 Å². The number of hydrogen-bond donors (Lipinski definition) is 0. The molecule has 0 fully saturated rings. The van der Waals surface area contributed by atoms with Gasteiger partial charge in [-0.3, -0.25) is 0 Å². The van der Waals surface area contributed by atoms with Gasteiger partial charge in [0.1, 0.15) is 0 Å². The molecule has 0 saturated carbocycles. The first-order valence-electron chi connectivity index (χ1n) is 16.5. The van der Waals surface area contributed by atoms with Gasteiger partial charge in [-0.05, 0) is 70.8 Å². The topological polar surface area (TPSA) is 54.0 Å². The van der Waals surface area contributed by atoms with Gasteiger partial charge in [0.25, 0.3) is 0 Å². The molecule has 0 atom stereocenters. The van der Waals surface area contributed by atoms with Crippen LogP contribution in [0.15, 0.2) is 121 Å². The molecule has 0 unspecified atom stereocenters. The summed E-state index contributed by atoms with van der Waals surface area (Å²) in [5, 5.41) is 2.33. The summed E-state index contributed by atoms with van der Waals surface area (Å²) in [4.78, 5) is 21.0. The molecule has 0 saturated heterocycles. The van der Waals surface area contributed by atoms with Crippen LogP contribution in [0.4, 0.5) is 0 Å². The summed E-state index contributed by atoms with van der Waals surface area (Å²) in [5.74, 6) is 0. The largest absolute Gasteiger partial charge is 2.00 e. The van der Waals surface area contributed by atoms with Crippen molar-refractivity contribution in [2.24, 2.45) is 0 Å². The Hall–Kier alpha value is -4.84. The van der Waals surface area contributed by atoms with E-state index < -0.39 is 0 Å². The molecule has 0 amide bonds. The fourth-order valence-corrected chi connectivity index (χ4v) is 7.77. The molecule has 2 aliphatic rings. The Labute approximate surface area is 336 Å². The van der Waals surface area contributed by atoms with E-state index in [1.54, 1.807) is 0 Å². The first-order valence-corrected chi connectivity index (χ1v) is 18.0. The zero-order chi connectivity index (χ0) is 35.3. The maximum atomic E-state index is 6.90. The van der Waals surface area contributed by atoms with Crippen molar-refractivity contribution in [2.45, 2.75) is 0 Å². The van der Waals surface area contributed by atoms with Crippen molar-refractivity contribution < 1.29 is 17.1 Å². The minimum Gasteiger partial charge on any atom is -0.657 e. The van der Waals surface area contributed by atoms with Gasteiger partial charge >= 0.3 is 17.1 Å². The molecule has 0 aliphatic carbocycles. The third-order valence-electron chi connectivity index (χ3n) is 9.18. The van der Waals surface area contributed by atoms with Crippen LogP contribution in [0.2, 0.25) is 20.1 Å². The molecule has 53 heavy (non-hydrogen) atoms. The van der Waals surface area contributed by atoms with E-state index >= 15 is 0 Å². The van der Waals surface area contributed by atoms with Crippen LogP contribution in [-0.2, 0) is 17.1 Å². The van der Waals surface area contributed by atoms with Crippen LogP contribution in [-0.4, -0.2) is 9.97 Å². The number of nitrogens with zero attached hydrogens (tertiary/aromatic N) is 4. The van der Waals surface area contributed by atoms with Gasteiger partial charge in [0.2, 0.25) is 0 Å². The van der Waals surface area contributed by atoms with Gasteiger partial charge < -0.3 is 9.97 Å². The second-order valence-electron chi connectivity index (χ2n) is 12.3. The van der Waals surface area contributed by atoms with Gasteiger partial charge in [-0.1, -0.05) is 143 Å². The molecule has 1 radical (unpaired) electrons. The molecular weight excluding hydrogens is 790 g/mol. The average molecular weight is 814 g/mol. The van der Waals surface area contributed by atoms with E-state index in [0.717, 1.165) is 44.5 Å². The minimum absolute atomic E-state index is 0. The molecule has 3 aromatic heterocycles. The number of benzene rings is 4. The van der Waals surface area contributed by atoms with Crippen LogP contribution in [0.3, 0.4) is 0 Å². The smallest absolute Gasteiger partial charge is 0.657 e. The van der Waals surface area contributed by atoms with Gasteiger partial charge in [-0.15, -0.1) is 22.1 Å². The molecule has 9 heteroatoms. The van der Waals surface area contributed by atoms with Gasteiger partial charge in [0.05, 0.1) is 22.8 Å². The van der Waals surface area contributed by atoms with Crippen LogP contribution in [0, 0.1) is 0 Å². The predicted octanol–water partition coefficient (Wildman–Crippen LogP) is 13.2. The molecule has 0 N–H and O–H groups in total. The van der Waals surface area contributed by atoms with E-state index in [4.69, 9.17) is 66.3 Å². The monoisotopic (exact) mass is 811 g/mol. The molecular formula is C44H24Cl4CuN4. The maximum Gasteiger partial charge on any atom is 2.00 e. The Balaban J connectivity index is 0.00000400. The number of halogens is 4. The van der Waals surface area contributed by atoms with Crippen LogP contribution in [0.1, 0.15) is 22.8 Å². The fraction of sp³-hybridized carbons (Fsp3) is 0. The maximum absolute atomic E-state index is 6.90. The second kappa shape index (κ2) is 14.5. The SMILES string of the molecule is Clc1ccccc1-c1c2nc(c(-c3ccccc3Cl)c3ccc([n-]3)c(-c3ccccc3Cl)c3nc(c(-c4ccccc4Cl)c4ccc1[n-]4)C=C3)C=C2.[Cu+2]. The van der Waals surface area contributed by atoms with E-state index in [1.165, 1.54) is 0 Å². The minimum atomic E-state index is 0. The van der Waals surface area contributed by atoms with Crippen LogP contribution >= 0.6 is 46.4 Å². The van der Waals surface area contributed by atoms with Crippen LogP contribution in [0.5, 0.6) is 0 Å². The summed E-state index contributed by atoms with van der Waals surface area (Å²) in [6, 6.07) is 38.9. The number of hydrogen-bond acceptors (Lipinski definition) is 2. The molecule has 4 nitrogen and oxygen atoms in total. The first kappa shape index (κ1) is 35.2. The van der Waals surface area contributed by atoms with E-state index in [0.29, 0.717) is 64.9 Å². The van der Waals surface area contributed by atoms with Crippen LogP contribution in [0.25, 0.3) is 90.9 Å². The zero-order valence-corrected chi connectivity index (χ0v) is 31.4. The van der Waals surface area contributed by atoms with Crippen molar-refractivity contribution in [3.05, 3.63) is 164 Å². The normalized spacial score (nSPS) is 11.8. The molecule has 8 bridgehead atoms. The Morgan fingerprint density at radius 3 is 0.774 bits per heavy atom. The van der Waals surface area contributed by atoms with E-state index in [2.05, 4.69) is 0 Å². The van der Waals surface area contributed by atoms with E-state index in [1.807, 2.05) is 146 Å². The van der Waals surface area contributed by atoms with Crippen molar-refractivity contribution in [2.75, 3.05) is 0 Å². The van der Waals surface area contributed by atoms with Crippen LogP contribution < -0.4 is 9.97 Å². The van der Waals surface area contributed by atoms with Crippen molar-refractivity contribution in [3.8, 4) is 44.5 Å². The molecule has 259 valence electrons. The third kappa shape index (κ3) is 6.34. The summed E-state index contributed by atoms with van der Waals surface area (Å²) >= 11 is 27.6. The first-order chi connectivity index (χ1) is 25.4. The molecule has 5 heterocycles. The van der Waals surface area contributed by atoms with E-state index in [-0.39, 0.29) is 17.1 Å². The number of rotatable bonds is 4. The average Bonchev–Trinajstić information content (AvgIpc) is 3.99. The Bertz CT molecular complexity index is 2440. The number of fused-ring (bicyclic) bond motifs is 8. The van der Waals surface area contributed by atoms with E-state index in [9.17, 15) is 0 Å². The van der Waals surface area contributed by atoms with Gasteiger partial charge in [0.15, 0.2) is 0 Å². The van der Waals surface area contributed by atoms with Gasteiger partial charge in [-0.25, -0.2) is 9.97 Å². The fourth-order valence-electron chi connectivity index (χ4n) is 6.85. The van der Waals surface area contributed by atoms with Crippen molar-refractivity contribution in [1.29, 1.82) is 0 Å². The molecule has 0 spiro atoms. The Morgan fingerprint density at radius 2 is 0.547 bits per heavy atom. The Kier molecular flexibility index (Phi) is 9.65. The molecule has 4 aromatic carbocycles. The second-order valence-corrected chi connectivity index (χ2v) is 13.9. The van der Waals surface area contributed by atoms with Crippen molar-refractivity contribution >= 4 is 92.8 Å². The third-order valence-corrected chi connectivity index (χ3v) is 10.5. The molecule has 9 rings (SSSR count). The van der Waals surface area contributed by atoms with Crippen molar-refractivity contribution in [3.63, 3.8) is 0 Å². The summed E-state index contributed by atoms with van der Waals surface area (Å²) < 4.78 is 0. The predicted molar refractivity (Wildman–Crippen MR) is 219 cm³/mol. The summed E-state index contributed by atoms with van der Waals surface area (Å²) in [6.45, 7) is 0. The quantitative estimate of drug-likeness (QED) is 0.166. The zero-order valence-electron chi connectivity index (χ0n) is 27.5. The molecule has 2 aliphatic heterocycles. The summed E-state index contributed by atoms with van der Waals surface area (Å²) in [5.41, 5.74) is 12.0. The standard InChI is InChI=1S/C44H24Cl4N4.Cu/c45-29-13-5-1-9-25(29)41-33-17-19-35(49-33)42(26-10-2-6-14-30(26)46)37-21-23-39(51-37)44(28-12-4-8-16-32(28)48)40-24-22-38(52-40)43(36-20-18-34(41)50-36)27-11-3-7-15-31(27)47;/h1-24H;/q-2;+2. The summed E-state index contributed by atoms with van der Waals surface area (Å²) in [7, 11) is 0. The Morgan fingerprint density at radius 1 is 0.321 bits per heavy atom. The number of aromatic nitrogens is 4. The molecule has 7 aromatic rings. The van der Waals surface area contributed by atoms with Crippen molar-refractivity contribution in [1.82, 2.24) is 19.9 Å². The summed E-state index contributed by atoms with van der Waals surface area (Å²) in [6.07, 6.45) is 7.97. The van der Waals surface area contributed by atoms with Gasteiger partial charge in [-0.2, -0.15) is 0 Å².